The fraction of sp³-hybridized carbons (Fsp3) is 0.364. The number of ketones is 1. The van der Waals surface area contributed by atoms with E-state index in [0.29, 0.717) is 6.42 Å². The molecule has 1 aromatic rings. The smallest absolute Gasteiger partial charge is 0.170 e. The number of hydrogen-bond donors (Lipinski definition) is 1. The van der Waals surface area contributed by atoms with Crippen LogP contribution in [0.1, 0.15) is 23.7 Å². The van der Waals surface area contributed by atoms with Crippen LogP contribution >= 0.6 is 0 Å². The Labute approximate surface area is 87.1 Å². The zero-order valence-electron chi connectivity index (χ0n) is 8.47. The third kappa shape index (κ3) is 2.39. The molecule has 0 saturated carbocycles. The van der Waals surface area contributed by atoms with Gasteiger partial charge in [-0.05, 0) is 18.6 Å². The number of carbonyl (C=O) groups is 1. The summed E-state index contributed by atoms with van der Waals surface area (Å²) in [5, 5.41) is 0. The molecular weight excluding hydrogens is 200 g/mol. The second-order valence-electron chi connectivity index (χ2n) is 3.31. The molecule has 2 N–H and O–H groups in total. The maximum atomic E-state index is 13.2. The van der Waals surface area contributed by atoms with Crippen LogP contribution in [0.2, 0.25) is 0 Å². The van der Waals surface area contributed by atoms with E-state index in [1.165, 1.54) is 12.1 Å². The molecule has 0 bridgehead atoms. The number of carbonyl (C=O) groups excluding carboxylic acids is 1. The lowest BCUT2D eigenvalue weighted by Gasteiger charge is -2.11. The van der Waals surface area contributed by atoms with Gasteiger partial charge < -0.3 is 5.73 Å². The minimum atomic E-state index is -1.09. The number of nitrogens with two attached hydrogens (primary N) is 1. The first-order valence-electron chi connectivity index (χ1n) is 4.80. The average molecular weight is 213 g/mol. The van der Waals surface area contributed by atoms with Gasteiger partial charge in [0.05, 0.1) is 5.56 Å². The predicted molar refractivity (Wildman–Crippen MR) is 53.5 cm³/mol. The Morgan fingerprint density at radius 2 is 2.13 bits per heavy atom. The van der Waals surface area contributed by atoms with Crippen LogP contribution < -0.4 is 5.73 Å². The quantitative estimate of drug-likeness (QED) is 0.778. The van der Waals surface area contributed by atoms with Gasteiger partial charge in [-0.1, -0.05) is 13.0 Å². The number of Topliss-reactive ketones (excluding diaryl/α,β-unsaturated/α-hetero) is 1. The lowest BCUT2D eigenvalue weighted by molar-refractivity contribution is 0.0916. The second kappa shape index (κ2) is 4.98. The molecule has 1 unspecified atom stereocenters. The Kier molecular flexibility index (Phi) is 3.91. The van der Waals surface area contributed by atoms with Gasteiger partial charge in [-0.25, -0.2) is 8.78 Å². The summed E-state index contributed by atoms with van der Waals surface area (Å²) in [7, 11) is 0. The topological polar surface area (TPSA) is 43.1 Å². The van der Waals surface area contributed by atoms with E-state index in [1.54, 1.807) is 6.92 Å². The summed E-state index contributed by atoms with van der Waals surface area (Å²) in [5.41, 5.74) is 5.16. The number of hydrogen-bond acceptors (Lipinski definition) is 2. The van der Waals surface area contributed by atoms with Gasteiger partial charge in [0.2, 0.25) is 0 Å². The van der Waals surface area contributed by atoms with E-state index in [4.69, 9.17) is 5.73 Å². The highest BCUT2D eigenvalue weighted by Gasteiger charge is 2.21. The molecule has 0 radical (unpaired) electrons. The summed E-state index contributed by atoms with van der Waals surface area (Å²) in [5.74, 6) is -2.97. The molecule has 1 aromatic carbocycles. The molecule has 1 rings (SSSR count). The lowest BCUT2D eigenvalue weighted by Crippen LogP contribution is -2.24. The Hall–Kier alpha value is -1.29. The van der Waals surface area contributed by atoms with Crippen LogP contribution in [0.15, 0.2) is 18.2 Å². The van der Waals surface area contributed by atoms with Crippen LogP contribution in [-0.4, -0.2) is 12.3 Å². The van der Waals surface area contributed by atoms with Crippen LogP contribution in [0.4, 0.5) is 8.78 Å². The molecular formula is C11H13F2NO. The van der Waals surface area contributed by atoms with Crippen molar-refractivity contribution >= 4 is 5.78 Å². The largest absolute Gasteiger partial charge is 0.330 e. The van der Waals surface area contributed by atoms with Crippen molar-refractivity contribution in [1.82, 2.24) is 0 Å². The molecule has 2 nitrogen and oxygen atoms in total. The highest BCUT2D eigenvalue weighted by molar-refractivity contribution is 5.98. The maximum Gasteiger partial charge on any atom is 0.170 e. The molecule has 0 aliphatic carbocycles. The van der Waals surface area contributed by atoms with Crippen molar-refractivity contribution < 1.29 is 13.6 Å². The van der Waals surface area contributed by atoms with E-state index in [-0.39, 0.29) is 12.1 Å². The molecule has 4 heteroatoms. The zero-order chi connectivity index (χ0) is 11.4. The van der Waals surface area contributed by atoms with Gasteiger partial charge in [0.15, 0.2) is 17.4 Å². The summed E-state index contributed by atoms with van der Waals surface area (Å²) in [6.45, 7) is 1.93. The summed E-state index contributed by atoms with van der Waals surface area (Å²) in [4.78, 5) is 11.7. The van der Waals surface area contributed by atoms with Gasteiger partial charge >= 0.3 is 0 Å². The van der Waals surface area contributed by atoms with Crippen molar-refractivity contribution in [3.63, 3.8) is 0 Å². The Morgan fingerprint density at radius 1 is 1.47 bits per heavy atom. The third-order valence-corrected chi connectivity index (χ3v) is 2.37. The van der Waals surface area contributed by atoms with Gasteiger partial charge in [-0.2, -0.15) is 0 Å². The van der Waals surface area contributed by atoms with Crippen molar-refractivity contribution in [3.05, 3.63) is 35.4 Å². The fourth-order valence-corrected chi connectivity index (χ4v) is 1.37. The fourth-order valence-electron chi connectivity index (χ4n) is 1.37. The number of benzene rings is 1. The number of rotatable bonds is 4. The van der Waals surface area contributed by atoms with Crippen molar-refractivity contribution in [2.75, 3.05) is 6.54 Å². The van der Waals surface area contributed by atoms with E-state index in [9.17, 15) is 13.6 Å². The van der Waals surface area contributed by atoms with E-state index in [0.717, 1.165) is 6.07 Å². The van der Waals surface area contributed by atoms with Gasteiger partial charge in [-0.15, -0.1) is 0 Å². The SMILES string of the molecule is CCC(CN)C(=O)c1cccc(F)c1F. The van der Waals surface area contributed by atoms with Crippen molar-refractivity contribution in [2.24, 2.45) is 11.7 Å². The molecule has 1 atom stereocenters. The van der Waals surface area contributed by atoms with Crippen LogP contribution in [-0.2, 0) is 0 Å². The first-order chi connectivity index (χ1) is 7.11. The highest BCUT2D eigenvalue weighted by atomic mass is 19.2. The normalized spacial score (nSPS) is 12.5. The summed E-state index contributed by atoms with van der Waals surface area (Å²) >= 11 is 0. The van der Waals surface area contributed by atoms with Crippen LogP contribution in [0, 0.1) is 17.6 Å². The lowest BCUT2D eigenvalue weighted by atomic mass is 9.95. The predicted octanol–water partition coefficient (Wildman–Crippen LogP) is 2.13. The monoisotopic (exact) mass is 213 g/mol. The molecule has 0 aromatic heterocycles. The third-order valence-electron chi connectivity index (χ3n) is 2.37. The van der Waals surface area contributed by atoms with E-state index < -0.39 is 23.3 Å². The van der Waals surface area contributed by atoms with E-state index >= 15 is 0 Å². The van der Waals surface area contributed by atoms with Crippen molar-refractivity contribution in [3.8, 4) is 0 Å². The molecule has 0 saturated heterocycles. The van der Waals surface area contributed by atoms with Gasteiger partial charge in [0.25, 0.3) is 0 Å². The molecule has 0 aliphatic rings. The van der Waals surface area contributed by atoms with Gasteiger partial charge in [-0.3, -0.25) is 4.79 Å². The maximum absolute atomic E-state index is 13.2. The molecule has 0 spiro atoms. The first kappa shape index (κ1) is 11.8. The summed E-state index contributed by atoms with van der Waals surface area (Å²) in [6.07, 6.45) is 0.519. The summed E-state index contributed by atoms with van der Waals surface area (Å²) in [6, 6.07) is 3.57. The molecule has 0 aliphatic heterocycles. The van der Waals surface area contributed by atoms with E-state index in [2.05, 4.69) is 0 Å². The highest BCUT2D eigenvalue weighted by Crippen LogP contribution is 2.17. The molecule has 0 amide bonds. The Bertz CT molecular complexity index is 362. The number of halogens is 2. The van der Waals surface area contributed by atoms with Gasteiger partial charge in [0, 0.05) is 12.5 Å². The Balaban J connectivity index is 3.05. The van der Waals surface area contributed by atoms with E-state index in [1.807, 2.05) is 0 Å². The summed E-state index contributed by atoms with van der Waals surface area (Å²) < 4.78 is 26.1. The van der Waals surface area contributed by atoms with Crippen molar-refractivity contribution in [2.45, 2.75) is 13.3 Å². The van der Waals surface area contributed by atoms with Crippen LogP contribution in [0.3, 0.4) is 0 Å². The molecule has 15 heavy (non-hydrogen) atoms. The minimum Gasteiger partial charge on any atom is -0.330 e. The van der Waals surface area contributed by atoms with Crippen LogP contribution in [0.25, 0.3) is 0 Å². The molecule has 0 heterocycles. The Morgan fingerprint density at radius 3 is 2.67 bits per heavy atom. The van der Waals surface area contributed by atoms with Crippen LogP contribution in [0.5, 0.6) is 0 Å². The van der Waals surface area contributed by atoms with Crippen molar-refractivity contribution in [1.29, 1.82) is 0 Å². The first-order valence-corrected chi connectivity index (χ1v) is 4.80. The molecule has 82 valence electrons. The zero-order valence-corrected chi connectivity index (χ0v) is 8.47. The minimum absolute atomic E-state index is 0.144. The molecule has 0 fully saturated rings. The second-order valence-corrected chi connectivity index (χ2v) is 3.31. The van der Waals surface area contributed by atoms with Gasteiger partial charge in [0.1, 0.15) is 0 Å². The average Bonchev–Trinajstić information content (AvgIpc) is 2.23. The standard InChI is InChI=1S/C11H13F2NO/c1-2-7(6-14)11(15)8-4-3-5-9(12)10(8)13/h3-5,7H,2,6,14H2,1H3.